The monoisotopic (exact) mass is 1010 g/mol. The fourth-order valence-electron chi connectivity index (χ4n) is 8.19. The van der Waals surface area contributed by atoms with Crippen molar-refractivity contribution in [2.45, 2.75) is 284 Å². The van der Waals surface area contributed by atoms with Gasteiger partial charge in [-0.25, -0.2) is 0 Å². The average Bonchev–Trinajstić information content (AvgIpc) is 3.39. The van der Waals surface area contributed by atoms with Gasteiger partial charge in [-0.05, 0) is 122 Å². The van der Waals surface area contributed by atoms with Crippen LogP contribution in [0.25, 0.3) is 0 Å². The first-order valence-corrected chi connectivity index (χ1v) is 30.4. The molecule has 0 aliphatic rings. The molecule has 0 amide bonds. The van der Waals surface area contributed by atoms with Crippen LogP contribution in [-0.2, 0) is 28.6 Å². The minimum atomic E-state index is -0.814. The largest absolute Gasteiger partial charge is 0.462 e. The Kier molecular flexibility index (Phi) is 57.4. The molecular formula is C67H112O6. The lowest BCUT2D eigenvalue weighted by Crippen LogP contribution is -2.30. The standard InChI is InChI=1S/C67H112O6/c1-4-7-10-13-16-19-22-25-28-31-32-33-34-37-40-43-46-49-52-55-58-61-67(70)73-64(62-71-65(68)59-56-53-50-47-44-41-38-35-29-26-23-20-17-14-11-8-5-2)63-72-66(69)60-57-54-51-48-45-42-39-36-30-27-24-21-18-15-12-9-6-3/h8,11,17-18,20-21,25-30,38-39,41-42,48,51,64H,4-7,9-10,12-16,19,22-24,31-37,40,43-47,49-50,52-63H2,1-3H3/b11-8-,20-17-,21-18-,28-25-,29-26-,30-27-,41-38-,42-39-,51-48-/t64-/m1/s1. The Bertz CT molecular complexity index is 1490. The van der Waals surface area contributed by atoms with E-state index in [9.17, 15) is 14.4 Å². The van der Waals surface area contributed by atoms with E-state index in [4.69, 9.17) is 14.2 Å². The normalized spacial score (nSPS) is 12.9. The molecule has 6 nitrogen and oxygen atoms in total. The first-order chi connectivity index (χ1) is 36.0. The van der Waals surface area contributed by atoms with Crippen molar-refractivity contribution in [2.24, 2.45) is 0 Å². The van der Waals surface area contributed by atoms with Crippen LogP contribution in [0.2, 0.25) is 0 Å². The van der Waals surface area contributed by atoms with Gasteiger partial charge in [-0.3, -0.25) is 14.4 Å². The molecule has 6 heteroatoms. The zero-order valence-corrected chi connectivity index (χ0v) is 47.6. The van der Waals surface area contributed by atoms with E-state index in [1.807, 2.05) is 0 Å². The molecule has 0 aromatic rings. The van der Waals surface area contributed by atoms with Crippen molar-refractivity contribution < 1.29 is 28.6 Å². The Morgan fingerprint density at radius 1 is 0.288 bits per heavy atom. The highest BCUT2D eigenvalue weighted by Gasteiger charge is 2.19. The van der Waals surface area contributed by atoms with Gasteiger partial charge in [0, 0.05) is 19.3 Å². The number of hydrogen-bond acceptors (Lipinski definition) is 6. The van der Waals surface area contributed by atoms with E-state index in [2.05, 4.69) is 130 Å². The second kappa shape index (κ2) is 60.6. The van der Waals surface area contributed by atoms with Gasteiger partial charge >= 0.3 is 17.9 Å². The van der Waals surface area contributed by atoms with E-state index in [0.717, 1.165) is 103 Å². The third kappa shape index (κ3) is 58.8. The lowest BCUT2D eigenvalue weighted by Gasteiger charge is -2.18. The molecule has 0 unspecified atom stereocenters. The van der Waals surface area contributed by atoms with Crippen LogP contribution in [0, 0.1) is 0 Å². The maximum Gasteiger partial charge on any atom is 0.306 e. The zero-order chi connectivity index (χ0) is 52.9. The highest BCUT2D eigenvalue weighted by Crippen LogP contribution is 2.15. The van der Waals surface area contributed by atoms with Crippen LogP contribution in [0.4, 0.5) is 0 Å². The summed E-state index contributed by atoms with van der Waals surface area (Å²) in [5.41, 5.74) is 0. The van der Waals surface area contributed by atoms with E-state index >= 15 is 0 Å². The van der Waals surface area contributed by atoms with E-state index in [0.29, 0.717) is 19.3 Å². The van der Waals surface area contributed by atoms with Gasteiger partial charge in [-0.1, -0.05) is 246 Å². The summed E-state index contributed by atoms with van der Waals surface area (Å²) in [6, 6.07) is 0. The molecule has 0 aliphatic heterocycles. The summed E-state index contributed by atoms with van der Waals surface area (Å²) in [6.07, 6.45) is 82.3. The SMILES string of the molecule is CC/C=C\C/C=C\C/C=C\C/C=C\CCCCCCC(=O)OC[C@H](COC(=O)CCC/C=C\C/C=C\C/C=C\C/C=C\CCCCC)OC(=O)CCCCCCCCCCCCC/C=C\CCCCCCCC. The van der Waals surface area contributed by atoms with Crippen molar-refractivity contribution in [3.05, 3.63) is 109 Å². The van der Waals surface area contributed by atoms with Gasteiger partial charge in [0.25, 0.3) is 0 Å². The molecule has 0 saturated heterocycles. The average molecular weight is 1010 g/mol. The highest BCUT2D eigenvalue weighted by molar-refractivity contribution is 5.71. The number of allylic oxidation sites excluding steroid dienone is 18. The van der Waals surface area contributed by atoms with Crippen LogP contribution in [0.3, 0.4) is 0 Å². The van der Waals surface area contributed by atoms with Crippen molar-refractivity contribution in [3.63, 3.8) is 0 Å². The van der Waals surface area contributed by atoms with Gasteiger partial charge in [0.05, 0.1) is 0 Å². The van der Waals surface area contributed by atoms with Crippen molar-refractivity contribution in [2.75, 3.05) is 13.2 Å². The van der Waals surface area contributed by atoms with Crippen molar-refractivity contribution in [3.8, 4) is 0 Å². The first kappa shape index (κ1) is 69.1. The van der Waals surface area contributed by atoms with E-state index in [1.54, 1.807) is 0 Å². The second-order valence-electron chi connectivity index (χ2n) is 19.9. The van der Waals surface area contributed by atoms with E-state index < -0.39 is 6.10 Å². The molecule has 0 spiro atoms. The fourth-order valence-corrected chi connectivity index (χ4v) is 8.19. The van der Waals surface area contributed by atoms with Gasteiger partial charge in [0.15, 0.2) is 6.10 Å². The minimum absolute atomic E-state index is 0.109. The minimum Gasteiger partial charge on any atom is -0.462 e. The molecule has 73 heavy (non-hydrogen) atoms. The van der Waals surface area contributed by atoms with Crippen LogP contribution in [0.5, 0.6) is 0 Å². The number of carbonyl (C=O) groups excluding carboxylic acids is 3. The van der Waals surface area contributed by atoms with Gasteiger partial charge in [0.1, 0.15) is 13.2 Å². The molecule has 0 N–H and O–H groups in total. The number of unbranched alkanes of at least 4 members (excludes halogenated alkanes) is 25. The van der Waals surface area contributed by atoms with Crippen molar-refractivity contribution >= 4 is 17.9 Å². The Hall–Kier alpha value is -3.93. The lowest BCUT2D eigenvalue weighted by atomic mass is 10.0. The Balaban J connectivity index is 4.49. The predicted octanol–water partition coefficient (Wildman–Crippen LogP) is 20.7. The maximum atomic E-state index is 12.9. The summed E-state index contributed by atoms with van der Waals surface area (Å²) in [5.74, 6) is -0.985. The van der Waals surface area contributed by atoms with E-state index in [-0.39, 0.29) is 37.5 Å². The highest BCUT2D eigenvalue weighted by atomic mass is 16.6. The number of rotatable bonds is 54. The molecule has 0 heterocycles. The zero-order valence-electron chi connectivity index (χ0n) is 47.6. The van der Waals surface area contributed by atoms with Crippen LogP contribution in [0.15, 0.2) is 109 Å². The smallest absolute Gasteiger partial charge is 0.306 e. The molecule has 416 valence electrons. The summed E-state index contributed by atoms with van der Waals surface area (Å²) in [5, 5.41) is 0. The van der Waals surface area contributed by atoms with E-state index in [1.165, 1.54) is 128 Å². The molecule has 0 aromatic heterocycles. The summed E-state index contributed by atoms with van der Waals surface area (Å²) in [6.45, 7) is 6.44. The molecular weight excluding hydrogens is 901 g/mol. The molecule has 0 bridgehead atoms. The quantitative estimate of drug-likeness (QED) is 0.0261. The molecule has 0 fully saturated rings. The number of carbonyl (C=O) groups is 3. The summed E-state index contributed by atoms with van der Waals surface area (Å²) in [4.78, 5) is 38.2. The van der Waals surface area contributed by atoms with Gasteiger partial charge in [-0.15, -0.1) is 0 Å². The van der Waals surface area contributed by atoms with Gasteiger partial charge < -0.3 is 14.2 Å². The molecule has 0 rings (SSSR count). The summed E-state index contributed by atoms with van der Waals surface area (Å²) < 4.78 is 16.8. The van der Waals surface area contributed by atoms with Gasteiger partial charge in [-0.2, -0.15) is 0 Å². The third-order valence-corrected chi connectivity index (χ3v) is 12.7. The molecule has 0 radical (unpaired) electrons. The van der Waals surface area contributed by atoms with Crippen molar-refractivity contribution in [1.82, 2.24) is 0 Å². The van der Waals surface area contributed by atoms with Crippen molar-refractivity contribution in [1.29, 1.82) is 0 Å². The summed E-state index contributed by atoms with van der Waals surface area (Å²) >= 11 is 0. The summed E-state index contributed by atoms with van der Waals surface area (Å²) in [7, 11) is 0. The Morgan fingerprint density at radius 2 is 0.548 bits per heavy atom. The maximum absolute atomic E-state index is 12.9. The molecule has 1 atom stereocenters. The van der Waals surface area contributed by atoms with Crippen LogP contribution < -0.4 is 0 Å². The Labute approximate surface area is 450 Å². The van der Waals surface area contributed by atoms with Gasteiger partial charge in [0.2, 0.25) is 0 Å². The first-order valence-electron chi connectivity index (χ1n) is 30.4. The topological polar surface area (TPSA) is 78.9 Å². The number of ether oxygens (including phenoxy) is 3. The fraction of sp³-hybridized carbons (Fsp3) is 0.687. The van der Waals surface area contributed by atoms with Crippen LogP contribution in [-0.4, -0.2) is 37.2 Å². The Morgan fingerprint density at radius 3 is 0.932 bits per heavy atom. The third-order valence-electron chi connectivity index (χ3n) is 12.7. The number of esters is 3. The van der Waals surface area contributed by atoms with Crippen LogP contribution in [0.1, 0.15) is 278 Å². The van der Waals surface area contributed by atoms with Crippen LogP contribution >= 0.6 is 0 Å². The lowest BCUT2D eigenvalue weighted by molar-refractivity contribution is -0.167. The molecule has 0 saturated carbocycles. The number of hydrogen-bond donors (Lipinski definition) is 0. The molecule has 0 aliphatic carbocycles. The second-order valence-corrected chi connectivity index (χ2v) is 19.9. The molecule has 0 aromatic carbocycles. The predicted molar refractivity (Wildman–Crippen MR) is 316 cm³/mol.